The molecule has 0 amide bonds. The molecule has 9 nitrogen and oxygen atoms in total. The molecule has 0 unspecified atom stereocenters. The third-order valence-corrected chi connectivity index (χ3v) is 9.07. The molecule has 0 atom stereocenters. The maximum atomic E-state index is 12.9. The van der Waals surface area contributed by atoms with Gasteiger partial charge in [0.15, 0.2) is 0 Å². The molecule has 0 saturated heterocycles. The number of rotatable bonds is 6. The van der Waals surface area contributed by atoms with Crippen LogP contribution in [0.15, 0.2) is 51.8 Å². The van der Waals surface area contributed by atoms with Gasteiger partial charge < -0.3 is 20.0 Å². The van der Waals surface area contributed by atoms with Crippen LogP contribution in [0.4, 0.5) is 0 Å². The molecule has 1 heterocycles. The van der Waals surface area contributed by atoms with E-state index in [9.17, 15) is 23.1 Å². The van der Waals surface area contributed by atoms with Crippen molar-refractivity contribution in [3.05, 3.63) is 42.5 Å². The summed E-state index contributed by atoms with van der Waals surface area (Å²) in [6.07, 6.45) is 7.76. The second kappa shape index (κ2) is 11.4. The maximum Gasteiger partial charge on any atom is 0.326 e. The van der Waals surface area contributed by atoms with E-state index in [0.717, 1.165) is 42.9 Å². The largest absolute Gasteiger partial charge is 0.480 e. The smallest absolute Gasteiger partial charge is 0.326 e. The SMILES string of the molecule is CCOC(=O)C1(N)CCCCC1.O=C(O)C1(NS(=O)(=O)c2ccc3c(c2)oc2ccccc23)CCCCC1. The molecule has 1 aromatic heterocycles. The Kier molecular flexibility index (Phi) is 8.44. The first-order valence-corrected chi connectivity index (χ1v) is 14.7. The number of carboxylic acid groups (broad SMARTS) is 1. The minimum absolute atomic E-state index is 0.00949. The van der Waals surface area contributed by atoms with Crippen molar-refractivity contribution in [2.24, 2.45) is 5.73 Å². The number of carboxylic acids is 1. The number of nitrogens with one attached hydrogen (secondary N) is 1. The number of benzene rings is 2. The number of hydrogen-bond donors (Lipinski definition) is 3. The topological polar surface area (TPSA) is 149 Å². The Morgan fingerprint density at radius 3 is 2.18 bits per heavy atom. The van der Waals surface area contributed by atoms with Gasteiger partial charge in [-0.25, -0.2) is 8.42 Å². The fourth-order valence-corrected chi connectivity index (χ4v) is 6.80. The molecule has 2 fully saturated rings. The van der Waals surface area contributed by atoms with Crippen LogP contribution in [0, 0.1) is 0 Å². The monoisotopic (exact) mass is 544 g/mol. The van der Waals surface area contributed by atoms with Gasteiger partial charge in [-0.1, -0.05) is 56.7 Å². The van der Waals surface area contributed by atoms with E-state index in [-0.39, 0.29) is 10.9 Å². The van der Waals surface area contributed by atoms with Crippen molar-refractivity contribution in [3.63, 3.8) is 0 Å². The second-order valence-corrected chi connectivity index (χ2v) is 11.9. The molecular weight excluding hydrogens is 508 g/mol. The van der Waals surface area contributed by atoms with E-state index in [1.807, 2.05) is 31.2 Å². The van der Waals surface area contributed by atoms with E-state index < -0.39 is 27.1 Å². The average molecular weight is 545 g/mol. The summed E-state index contributed by atoms with van der Waals surface area (Å²) in [4.78, 5) is 23.2. The molecule has 3 aromatic rings. The number of furan rings is 1. The summed E-state index contributed by atoms with van der Waals surface area (Å²) < 4.78 is 38.8. The number of fused-ring (bicyclic) bond motifs is 3. The third-order valence-electron chi connectivity index (χ3n) is 7.53. The van der Waals surface area contributed by atoms with Crippen LogP contribution < -0.4 is 10.5 Å². The molecular formula is C28H36N2O7S. The lowest BCUT2D eigenvalue weighted by Crippen LogP contribution is -2.55. The molecule has 38 heavy (non-hydrogen) atoms. The van der Waals surface area contributed by atoms with Crippen molar-refractivity contribution in [1.82, 2.24) is 4.72 Å². The van der Waals surface area contributed by atoms with Gasteiger partial charge in [0.1, 0.15) is 22.2 Å². The Morgan fingerprint density at radius 1 is 0.947 bits per heavy atom. The molecule has 2 aliphatic rings. The first-order valence-electron chi connectivity index (χ1n) is 13.2. The van der Waals surface area contributed by atoms with Gasteiger partial charge in [0.2, 0.25) is 10.0 Å². The molecule has 2 aliphatic carbocycles. The number of sulfonamides is 1. The van der Waals surface area contributed by atoms with Gasteiger partial charge in [-0.05, 0) is 50.8 Å². The highest BCUT2D eigenvalue weighted by molar-refractivity contribution is 7.89. The van der Waals surface area contributed by atoms with Crippen LogP contribution in [-0.2, 0) is 24.3 Å². The molecule has 0 radical (unpaired) electrons. The number of carbonyl (C=O) groups excluding carboxylic acids is 1. The van der Waals surface area contributed by atoms with E-state index in [0.29, 0.717) is 43.5 Å². The lowest BCUT2D eigenvalue weighted by molar-refractivity contribution is -0.151. The number of aliphatic carboxylic acids is 1. The van der Waals surface area contributed by atoms with Gasteiger partial charge in [-0.2, -0.15) is 4.72 Å². The maximum absolute atomic E-state index is 12.9. The fourth-order valence-electron chi connectivity index (χ4n) is 5.37. The van der Waals surface area contributed by atoms with E-state index in [4.69, 9.17) is 14.9 Å². The minimum atomic E-state index is -3.98. The van der Waals surface area contributed by atoms with Gasteiger partial charge in [-0.15, -0.1) is 0 Å². The Labute approximate surface area is 222 Å². The van der Waals surface area contributed by atoms with Crippen LogP contribution in [0.5, 0.6) is 0 Å². The summed E-state index contributed by atoms with van der Waals surface area (Å²) >= 11 is 0. The fraction of sp³-hybridized carbons (Fsp3) is 0.500. The number of hydrogen-bond acceptors (Lipinski definition) is 7. The molecule has 2 aromatic carbocycles. The molecule has 4 N–H and O–H groups in total. The van der Waals surface area contributed by atoms with Crippen molar-refractivity contribution in [2.75, 3.05) is 6.61 Å². The van der Waals surface area contributed by atoms with E-state index in [2.05, 4.69) is 4.72 Å². The lowest BCUT2D eigenvalue weighted by atomic mass is 9.83. The second-order valence-electron chi connectivity index (χ2n) is 10.2. The zero-order valence-corrected chi connectivity index (χ0v) is 22.5. The summed E-state index contributed by atoms with van der Waals surface area (Å²) in [5.74, 6) is -1.34. The molecule has 0 aliphatic heterocycles. The zero-order valence-electron chi connectivity index (χ0n) is 21.7. The highest BCUT2D eigenvalue weighted by atomic mass is 32.2. The van der Waals surface area contributed by atoms with Crippen LogP contribution in [0.1, 0.15) is 71.1 Å². The van der Waals surface area contributed by atoms with Crippen molar-refractivity contribution < 1.29 is 32.3 Å². The van der Waals surface area contributed by atoms with Crippen LogP contribution in [0.25, 0.3) is 21.9 Å². The van der Waals surface area contributed by atoms with Crippen LogP contribution in [0.3, 0.4) is 0 Å². The van der Waals surface area contributed by atoms with Gasteiger partial charge in [0.05, 0.1) is 11.5 Å². The van der Waals surface area contributed by atoms with Crippen LogP contribution in [0.2, 0.25) is 0 Å². The van der Waals surface area contributed by atoms with Gasteiger partial charge in [-0.3, -0.25) is 9.59 Å². The van der Waals surface area contributed by atoms with Crippen molar-refractivity contribution in [1.29, 1.82) is 0 Å². The Bertz CT molecular complexity index is 1400. The molecule has 5 rings (SSSR count). The number of ether oxygens (including phenoxy) is 1. The van der Waals surface area contributed by atoms with E-state index in [1.165, 1.54) is 18.6 Å². The summed E-state index contributed by atoms with van der Waals surface area (Å²) in [6, 6.07) is 12.1. The van der Waals surface area contributed by atoms with Gasteiger partial charge >= 0.3 is 11.9 Å². The molecule has 2 saturated carbocycles. The number of para-hydroxylation sites is 1. The number of nitrogens with two attached hydrogens (primary N) is 1. The Balaban J connectivity index is 0.000000236. The summed E-state index contributed by atoms with van der Waals surface area (Å²) in [6.45, 7) is 2.24. The van der Waals surface area contributed by atoms with Gasteiger partial charge in [0.25, 0.3) is 0 Å². The Hall–Kier alpha value is -2.95. The van der Waals surface area contributed by atoms with Crippen molar-refractivity contribution in [2.45, 2.75) is 87.1 Å². The van der Waals surface area contributed by atoms with E-state index in [1.54, 1.807) is 6.07 Å². The molecule has 0 bridgehead atoms. The summed E-state index contributed by atoms with van der Waals surface area (Å²) in [5, 5.41) is 11.4. The predicted octanol–water partition coefficient (Wildman–Crippen LogP) is 4.86. The lowest BCUT2D eigenvalue weighted by Gasteiger charge is -2.33. The summed E-state index contributed by atoms with van der Waals surface area (Å²) in [7, 11) is -3.98. The standard InChI is InChI=1S/C19H19NO5S.C9H17NO2/c21-18(22)19(10-4-1-5-11-19)20-26(23,24)13-8-9-15-14-6-2-3-7-16(14)25-17(15)12-13;1-2-12-8(11)9(10)6-4-3-5-7-9/h2-3,6-9,12,20H,1,4-5,10-11H2,(H,21,22);2-7,10H2,1H3. The van der Waals surface area contributed by atoms with E-state index >= 15 is 0 Å². The predicted molar refractivity (Wildman–Crippen MR) is 144 cm³/mol. The highest BCUT2D eigenvalue weighted by Crippen LogP contribution is 2.33. The molecule has 206 valence electrons. The van der Waals surface area contributed by atoms with Gasteiger partial charge in [0, 0.05) is 16.8 Å². The highest BCUT2D eigenvalue weighted by Gasteiger charge is 2.43. The van der Waals surface area contributed by atoms with Crippen LogP contribution >= 0.6 is 0 Å². The van der Waals surface area contributed by atoms with Crippen LogP contribution in [-0.4, -0.2) is 43.1 Å². The zero-order chi connectivity index (χ0) is 27.4. The van der Waals surface area contributed by atoms with Crippen molar-refractivity contribution >= 4 is 43.9 Å². The Morgan fingerprint density at radius 2 is 1.55 bits per heavy atom. The quantitative estimate of drug-likeness (QED) is 0.372. The normalized spacial score (nSPS) is 18.9. The number of esters is 1. The molecule has 10 heteroatoms. The molecule has 0 spiro atoms. The third kappa shape index (κ3) is 5.87. The minimum Gasteiger partial charge on any atom is -0.480 e. The first-order chi connectivity index (χ1) is 18.1. The summed E-state index contributed by atoms with van der Waals surface area (Å²) in [5.41, 5.74) is 4.95. The average Bonchev–Trinajstić information content (AvgIpc) is 3.28. The first kappa shape index (κ1) is 28.1. The van der Waals surface area contributed by atoms with Crippen molar-refractivity contribution in [3.8, 4) is 0 Å². The number of carbonyl (C=O) groups is 2.